The molecule has 0 saturated carbocycles. The van der Waals surface area contributed by atoms with Crippen molar-refractivity contribution in [1.29, 1.82) is 0 Å². The van der Waals surface area contributed by atoms with Gasteiger partial charge in [0.25, 0.3) is 11.6 Å². The third-order valence-corrected chi connectivity index (χ3v) is 6.64. The van der Waals surface area contributed by atoms with Crippen LogP contribution in [-0.4, -0.2) is 53.5 Å². The van der Waals surface area contributed by atoms with Gasteiger partial charge in [0.2, 0.25) is 0 Å². The third kappa shape index (κ3) is 3.45. The minimum absolute atomic E-state index is 0.0130. The average molecular weight is 413 g/mol. The second-order valence-electron chi connectivity index (χ2n) is 7.68. The highest BCUT2D eigenvalue weighted by molar-refractivity contribution is 7.15. The summed E-state index contributed by atoms with van der Waals surface area (Å²) in [6, 6.07) is 5.96. The van der Waals surface area contributed by atoms with Crippen LogP contribution in [0.4, 0.5) is 0 Å². The summed E-state index contributed by atoms with van der Waals surface area (Å²) in [7, 11) is 0. The summed E-state index contributed by atoms with van der Waals surface area (Å²) in [5.74, 6) is 0.191. The topological polar surface area (TPSA) is 77.7 Å². The van der Waals surface area contributed by atoms with Crippen LogP contribution in [0, 0.1) is 19.8 Å². The highest BCUT2D eigenvalue weighted by Gasteiger charge is 2.34. The highest BCUT2D eigenvalue weighted by Crippen LogP contribution is 2.33. The molecule has 7 nitrogen and oxygen atoms in total. The van der Waals surface area contributed by atoms with Crippen molar-refractivity contribution in [2.24, 2.45) is 5.92 Å². The van der Waals surface area contributed by atoms with Crippen LogP contribution in [0.5, 0.6) is 0 Å². The average Bonchev–Trinajstić information content (AvgIpc) is 3.49. The molecule has 5 heterocycles. The Morgan fingerprint density at radius 1 is 1.24 bits per heavy atom. The number of fused-ring (bicyclic) bond motifs is 1. The number of hydrogen-bond donors (Lipinski definition) is 0. The van der Waals surface area contributed by atoms with Crippen LogP contribution in [0.15, 0.2) is 22.7 Å². The summed E-state index contributed by atoms with van der Waals surface area (Å²) in [6.07, 6.45) is 1.74. The molecule has 2 saturated heterocycles. The van der Waals surface area contributed by atoms with Crippen LogP contribution in [0.2, 0.25) is 0 Å². The molecule has 1 unspecified atom stereocenters. The van der Waals surface area contributed by atoms with Crippen LogP contribution in [0.1, 0.15) is 33.8 Å². The van der Waals surface area contributed by atoms with Crippen LogP contribution < -0.4 is 0 Å². The summed E-state index contributed by atoms with van der Waals surface area (Å²) >= 11 is 1.65. The number of nitrogens with zero attached hydrogens (tertiary/aromatic N) is 3. The number of thiophene rings is 1. The molecule has 29 heavy (non-hydrogen) atoms. The van der Waals surface area contributed by atoms with E-state index in [1.807, 2.05) is 24.0 Å². The molecule has 152 valence electrons. The van der Waals surface area contributed by atoms with Gasteiger partial charge in [0.1, 0.15) is 0 Å². The zero-order valence-corrected chi connectivity index (χ0v) is 17.3. The van der Waals surface area contributed by atoms with E-state index in [-0.39, 0.29) is 18.1 Å². The molecule has 2 aliphatic rings. The number of ether oxygens (including phenoxy) is 2. The van der Waals surface area contributed by atoms with Crippen LogP contribution in [0.3, 0.4) is 0 Å². The first-order chi connectivity index (χ1) is 14.1. The maximum Gasteiger partial charge on any atom is 0.259 e. The summed E-state index contributed by atoms with van der Waals surface area (Å²) in [5, 5.41) is 4.75. The smallest absolute Gasteiger partial charge is 0.259 e. The second-order valence-corrected chi connectivity index (χ2v) is 8.96. The lowest BCUT2D eigenvalue weighted by atomic mass is 9.96. The molecule has 1 amide bonds. The van der Waals surface area contributed by atoms with Crippen molar-refractivity contribution in [3.63, 3.8) is 0 Å². The van der Waals surface area contributed by atoms with E-state index in [9.17, 15) is 4.79 Å². The SMILES string of the molecule is Cc1ccc(-c2cc(C(=O)N3CCCC(C4OCCO4)C3)c3c(C)noc3n2)s1. The molecule has 2 aliphatic heterocycles. The number of amides is 1. The van der Waals surface area contributed by atoms with Gasteiger partial charge in [-0.3, -0.25) is 4.79 Å². The third-order valence-electron chi connectivity index (χ3n) is 5.62. The van der Waals surface area contributed by atoms with E-state index in [1.165, 1.54) is 4.88 Å². The predicted octanol–water partition coefficient (Wildman–Crippen LogP) is 3.79. The van der Waals surface area contributed by atoms with Crippen LogP contribution in [-0.2, 0) is 9.47 Å². The van der Waals surface area contributed by atoms with Gasteiger partial charge in [0.15, 0.2) is 6.29 Å². The number of carbonyl (C=O) groups excluding carboxylic acids is 1. The number of likely N-dealkylation sites (tertiary alicyclic amines) is 1. The molecule has 0 bridgehead atoms. The van der Waals surface area contributed by atoms with Gasteiger partial charge < -0.3 is 18.9 Å². The molecule has 1 atom stereocenters. The van der Waals surface area contributed by atoms with Crippen LogP contribution >= 0.6 is 11.3 Å². The number of piperidine rings is 1. The molecule has 0 aromatic carbocycles. The van der Waals surface area contributed by atoms with E-state index in [0.29, 0.717) is 42.1 Å². The van der Waals surface area contributed by atoms with Crippen molar-refractivity contribution in [3.8, 4) is 10.6 Å². The van der Waals surface area contributed by atoms with E-state index < -0.39 is 0 Å². The van der Waals surface area contributed by atoms with Gasteiger partial charge in [0, 0.05) is 23.9 Å². The Morgan fingerprint density at radius 3 is 2.83 bits per heavy atom. The maximum atomic E-state index is 13.6. The number of carbonyl (C=O) groups is 1. The van der Waals surface area contributed by atoms with Crippen molar-refractivity contribution in [2.45, 2.75) is 33.0 Å². The van der Waals surface area contributed by atoms with E-state index >= 15 is 0 Å². The molecular weight excluding hydrogens is 390 g/mol. The molecule has 8 heteroatoms. The molecule has 0 spiro atoms. The lowest BCUT2D eigenvalue weighted by Gasteiger charge is -2.34. The second kappa shape index (κ2) is 7.51. The van der Waals surface area contributed by atoms with Crippen molar-refractivity contribution in [2.75, 3.05) is 26.3 Å². The van der Waals surface area contributed by atoms with Gasteiger partial charge in [-0.1, -0.05) is 5.16 Å². The van der Waals surface area contributed by atoms with E-state index in [4.69, 9.17) is 14.0 Å². The molecule has 0 aliphatic carbocycles. The summed E-state index contributed by atoms with van der Waals surface area (Å²) in [4.78, 5) is 22.3. The normalized spacial score (nSPS) is 20.6. The van der Waals surface area contributed by atoms with Gasteiger partial charge in [-0.05, 0) is 44.9 Å². The summed E-state index contributed by atoms with van der Waals surface area (Å²) < 4.78 is 16.8. The first-order valence-corrected chi connectivity index (χ1v) is 10.8. The minimum Gasteiger partial charge on any atom is -0.350 e. The number of aryl methyl sites for hydroxylation is 2. The molecule has 2 fully saturated rings. The zero-order chi connectivity index (χ0) is 20.0. The van der Waals surface area contributed by atoms with Gasteiger partial charge in [-0.15, -0.1) is 11.3 Å². The Kier molecular flexibility index (Phi) is 4.85. The monoisotopic (exact) mass is 413 g/mol. The van der Waals surface area contributed by atoms with E-state index in [0.717, 1.165) is 30.0 Å². The fourth-order valence-corrected chi connectivity index (χ4v) is 5.03. The van der Waals surface area contributed by atoms with Crippen LogP contribution in [0.25, 0.3) is 21.7 Å². The fourth-order valence-electron chi connectivity index (χ4n) is 4.20. The standard InChI is InChI=1S/C21H23N3O4S/c1-12-5-6-17(29-12)16-10-15(18-13(2)23-28-19(18)22-16)20(25)24-7-3-4-14(11-24)21-26-8-9-27-21/h5-6,10,14,21H,3-4,7-9,11H2,1-2H3. The number of hydrogen-bond acceptors (Lipinski definition) is 7. The zero-order valence-electron chi connectivity index (χ0n) is 16.5. The van der Waals surface area contributed by atoms with Gasteiger partial charge in [-0.2, -0.15) is 0 Å². The molecule has 0 radical (unpaired) electrons. The fraction of sp³-hybridized carbons (Fsp3) is 0.476. The first kappa shape index (κ1) is 18.7. The van der Waals surface area contributed by atoms with Crippen molar-refractivity contribution in [1.82, 2.24) is 15.0 Å². The van der Waals surface area contributed by atoms with Crippen molar-refractivity contribution >= 4 is 28.3 Å². The molecule has 3 aromatic heterocycles. The van der Waals surface area contributed by atoms with E-state index in [1.54, 1.807) is 11.3 Å². The largest absolute Gasteiger partial charge is 0.350 e. The summed E-state index contributed by atoms with van der Waals surface area (Å²) in [5.41, 5.74) is 2.43. The molecule has 3 aromatic rings. The minimum atomic E-state index is -0.204. The number of pyridine rings is 1. The summed E-state index contributed by atoms with van der Waals surface area (Å²) in [6.45, 7) is 6.51. The Labute approximate surface area is 172 Å². The van der Waals surface area contributed by atoms with Crippen molar-refractivity contribution in [3.05, 3.63) is 34.3 Å². The Bertz CT molecular complexity index is 1050. The van der Waals surface area contributed by atoms with Gasteiger partial charge in [-0.25, -0.2) is 4.98 Å². The lowest BCUT2D eigenvalue weighted by Crippen LogP contribution is -2.43. The maximum absolute atomic E-state index is 13.6. The Balaban J connectivity index is 1.51. The molecule has 0 N–H and O–H groups in total. The first-order valence-electron chi connectivity index (χ1n) is 9.96. The quantitative estimate of drug-likeness (QED) is 0.650. The van der Waals surface area contributed by atoms with E-state index in [2.05, 4.69) is 23.1 Å². The van der Waals surface area contributed by atoms with Crippen molar-refractivity contribution < 1.29 is 18.8 Å². The number of rotatable bonds is 3. The Morgan fingerprint density at radius 2 is 2.07 bits per heavy atom. The predicted molar refractivity (Wildman–Crippen MR) is 109 cm³/mol. The van der Waals surface area contributed by atoms with Gasteiger partial charge >= 0.3 is 0 Å². The molecule has 5 rings (SSSR count). The number of aromatic nitrogens is 2. The lowest BCUT2D eigenvalue weighted by molar-refractivity contribution is -0.0969. The van der Waals surface area contributed by atoms with Gasteiger partial charge in [0.05, 0.1) is 40.4 Å². The Hall–Kier alpha value is -2.29. The highest BCUT2D eigenvalue weighted by atomic mass is 32.1. The molecular formula is C21H23N3O4S.